The molecule has 0 heterocycles. The predicted octanol–water partition coefficient (Wildman–Crippen LogP) is 3.48. The largest absolute Gasteiger partial charge is 0.475 e. The van der Waals surface area contributed by atoms with Gasteiger partial charge < -0.3 is 9.47 Å². The van der Waals surface area contributed by atoms with E-state index >= 15 is 0 Å². The van der Waals surface area contributed by atoms with Gasteiger partial charge in [0, 0.05) is 16.1 Å². The second kappa shape index (κ2) is 7.56. The topological polar surface area (TPSA) is 78.7 Å². The normalized spacial score (nSPS) is 10.0. The molecule has 2 rings (SSSR count). The fourth-order valence-corrected chi connectivity index (χ4v) is 2.08. The van der Waals surface area contributed by atoms with Crippen molar-refractivity contribution in [1.29, 1.82) is 0 Å². The smallest absolute Gasteiger partial charge is 0.344 e. The van der Waals surface area contributed by atoms with Crippen LogP contribution in [-0.2, 0) is 16.1 Å². The van der Waals surface area contributed by atoms with Gasteiger partial charge in [-0.1, -0.05) is 46.3 Å². The summed E-state index contributed by atoms with van der Waals surface area (Å²) in [4.78, 5) is 21.9. The van der Waals surface area contributed by atoms with Gasteiger partial charge in [0.05, 0.1) is 4.92 Å². The van der Waals surface area contributed by atoms with E-state index < -0.39 is 17.5 Å². The Morgan fingerprint density at radius 2 is 1.82 bits per heavy atom. The summed E-state index contributed by atoms with van der Waals surface area (Å²) in [5.74, 6) is -0.570. The molecule has 2 aromatic carbocycles. The average Bonchev–Trinajstić information content (AvgIpc) is 2.52. The molecule has 114 valence electrons. The summed E-state index contributed by atoms with van der Waals surface area (Å²) >= 11 is 3.35. The van der Waals surface area contributed by atoms with Crippen LogP contribution in [0, 0.1) is 10.1 Å². The van der Waals surface area contributed by atoms with Crippen molar-refractivity contribution >= 4 is 27.6 Å². The summed E-state index contributed by atoms with van der Waals surface area (Å²) in [5, 5.41) is 10.8. The number of benzene rings is 2. The third-order valence-corrected chi connectivity index (χ3v) is 3.53. The molecule has 0 N–H and O–H groups in total. The molecule has 2 aromatic rings. The average molecular weight is 366 g/mol. The van der Waals surface area contributed by atoms with Crippen LogP contribution in [0.15, 0.2) is 53.0 Å². The maximum absolute atomic E-state index is 11.6. The van der Waals surface area contributed by atoms with Crippen LogP contribution in [0.4, 0.5) is 5.69 Å². The summed E-state index contributed by atoms with van der Waals surface area (Å²) in [5.41, 5.74) is 0.627. The van der Waals surface area contributed by atoms with Crippen molar-refractivity contribution in [2.45, 2.75) is 6.61 Å². The maximum atomic E-state index is 11.6. The Hall–Kier alpha value is -2.41. The Morgan fingerprint density at radius 3 is 2.55 bits per heavy atom. The van der Waals surface area contributed by atoms with E-state index in [2.05, 4.69) is 15.9 Å². The highest BCUT2D eigenvalue weighted by Crippen LogP contribution is 2.25. The third kappa shape index (κ3) is 4.29. The van der Waals surface area contributed by atoms with E-state index in [9.17, 15) is 14.9 Å². The molecule has 0 radical (unpaired) electrons. The number of carbonyl (C=O) groups excluding carboxylic acids is 1. The molecule has 0 unspecified atom stereocenters. The molecule has 0 fully saturated rings. The lowest BCUT2D eigenvalue weighted by molar-refractivity contribution is -0.385. The molecule has 0 amide bonds. The number of hydrogen-bond donors (Lipinski definition) is 0. The Labute approximate surface area is 134 Å². The zero-order chi connectivity index (χ0) is 15.9. The van der Waals surface area contributed by atoms with Gasteiger partial charge in [0.1, 0.15) is 6.61 Å². The summed E-state index contributed by atoms with van der Waals surface area (Å²) < 4.78 is 11.1. The number of esters is 1. The molecule has 0 spiro atoms. The minimum atomic E-state index is -0.603. The first-order chi connectivity index (χ1) is 10.6. The van der Waals surface area contributed by atoms with Gasteiger partial charge in [0.25, 0.3) is 0 Å². The van der Waals surface area contributed by atoms with E-state index in [1.165, 1.54) is 18.2 Å². The number of carbonyl (C=O) groups is 1. The first-order valence-electron chi connectivity index (χ1n) is 6.33. The number of nitro groups is 1. The number of nitro benzene ring substituents is 1. The van der Waals surface area contributed by atoms with Gasteiger partial charge in [-0.3, -0.25) is 10.1 Å². The summed E-state index contributed by atoms with van der Waals surface area (Å²) in [6, 6.07) is 13.2. The number of nitrogens with zero attached hydrogens (tertiary/aromatic N) is 1. The number of hydrogen-bond acceptors (Lipinski definition) is 5. The minimum Gasteiger partial charge on any atom is -0.475 e. The van der Waals surface area contributed by atoms with E-state index in [0.29, 0.717) is 0 Å². The van der Waals surface area contributed by atoms with Crippen molar-refractivity contribution in [1.82, 2.24) is 0 Å². The van der Waals surface area contributed by atoms with Crippen molar-refractivity contribution in [2.75, 3.05) is 6.61 Å². The molecule has 0 atom stereocenters. The van der Waals surface area contributed by atoms with Crippen molar-refractivity contribution in [3.8, 4) is 5.75 Å². The maximum Gasteiger partial charge on any atom is 0.344 e. The molecule has 0 aromatic heterocycles. The van der Waals surface area contributed by atoms with Crippen LogP contribution in [0.2, 0.25) is 0 Å². The Balaban J connectivity index is 1.89. The van der Waals surface area contributed by atoms with Crippen molar-refractivity contribution in [2.24, 2.45) is 0 Å². The lowest BCUT2D eigenvalue weighted by Gasteiger charge is -2.08. The molecule has 0 aliphatic rings. The lowest BCUT2D eigenvalue weighted by Crippen LogP contribution is -2.15. The Bertz CT molecular complexity index is 689. The van der Waals surface area contributed by atoms with Gasteiger partial charge >= 0.3 is 11.7 Å². The van der Waals surface area contributed by atoms with E-state index in [4.69, 9.17) is 9.47 Å². The van der Waals surface area contributed by atoms with E-state index in [0.717, 1.165) is 10.0 Å². The SMILES string of the molecule is O=C(COc1ccccc1[N+](=O)[O-])OCc1ccccc1Br. The molecule has 0 aliphatic heterocycles. The van der Waals surface area contributed by atoms with Crippen LogP contribution < -0.4 is 4.74 Å². The zero-order valence-electron chi connectivity index (χ0n) is 11.4. The number of ether oxygens (including phenoxy) is 2. The van der Waals surface area contributed by atoms with Gasteiger partial charge in [0.2, 0.25) is 0 Å². The summed E-state index contributed by atoms with van der Waals surface area (Å²) in [6.07, 6.45) is 0. The first kappa shape index (κ1) is 16.0. The minimum absolute atomic E-state index is 0.0327. The molecule has 22 heavy (non-hydrogen) atoms. The monoisotopic (exact) mass is 365 g/mol. The highest BCUT2D eigenvalue weighted by molar-refractivity contribution is 9.10. The van der Waals surface area contributed by atoms with E-state index in [1.54, 1.807) is 6.07 Å². The molecular weight excluding hydrogens is 354 g/mol. The molecular formula is C15H12BrNO5. The van der Waals surface area contributed by atoms with Crippen LogP contribution in [0.25, 0.3) is 0 Å². The quantitative estimate of drug-likeness (QED) is 0.444. The van der Waals surface area contributed by atoms with Gasteiger partial charge in [-0.2, -0.15) is 0 Å². The number of halogens is 1. The predicted molar refractivity (Wildman–Crippen MR) is 82.5 cm³/mol. The highest BCUT2D eigenvalue weighted by atomic mass is 79.9. The van der Waals surface area contributed by atoms with Crippen molar-refractivity contribution in [3.05, 3.63) is 68.7 Å². The number of para-hydroxylation sites is 2. The van der Waals surface area contributed by atoms with Crippen molar-refractivity contribution < 1.29 is 19.2 Å². The Kier molecular flexibility index (Phi) is 5.48. The summed E-state index contributed by atoms with van der Waals surface area (Å²) in [6.45, 7) is -0.296. The fourth-order valence-electron chi connectivity index (χ4n) is 1.68. The summed E-state index contributed by atoms with van der Waals surface area (Å²) in [7, 11) is 0. The van der Waals surface area contributed by atoms with Gasteiger partial charge in [-0.25, -0.2) is 4.79 Å². The van der Waals surface area contributed by atoms with Gasteiger partial charge in [-0.05, 0) is 12.1 Å². The molecule has 0 saturated carbocycles. The molecule has 0 aliphatic carbocycles. The number of rotatable bonds is 6. The van der Waals surface area contributed by atoms with E-state index in [-0.39, 0.29) is 18.0 Å². The standard InChI is InChI=1S/C15H12BrNO5/c16-12-6-2-1-5-11(12)9-22-15(18)10-21-14-8-4-3-7-13(14)17(19)20/h1-8H,9-10H2. The molecule has 0 saturated heterocycles. The van der Waals surface area contributed by atoms with Crippen LogP contribution in [0.1, 0.15) is 5.56 Å². The van der Waals surface area contributed by atoms with Crippen LogP contribution in [0.5, 0.6) is 5.75 Å². The second-order valence-electron chi connectivity index (χ2n) is 4.27. The molecule has 7 heteroatoms. The van der Waals surface area contributed by atoms with E-state index in [1.807, 2.05) is 24.3 Å². The van der Waals surface area contributed by atoms with Crippen molar-refractivity contribution in [3.63, 3.8) is 0 Å². The highest BCUT2D eigenvalue weighted by Gasteiger charge is 2.15. The van der Waals surface area contributed by atoms with Crippen LogP contribution >= 0.6 is 15.9 Å². The lowest BCUT2D eigenvalue weighted by atomic mass is 10.2. The fraction of sp³-hybridized carbons (Fsp3) is 0.133. The zero-order valence-corrected chi connectivity index (χ0v) is 13.0. The van der Waals surface area contributed by atoms with Crippen LogP contribution in [0.3, 0.4) is 0 Å². The Morgan fingerprint density at radius 1 is 1.14 bits per heavy atom. The van der Waals surface area contributed by atoms with Gasteiger partial charge in [0.15, 0.2) is 12.4 Å². The van der Waals surface area contributed by atoms with Crippen LogP contribution in [-0.4, -0.2) is 17.5 Å². The van der Waals surface area contributed by atoms with Gasteiger partial charge in [-0.15, -0.1) is 0 Å². The molecule has 0 bridgehead atoms. The third-order valence-electron chi connectivity index (χ3n) is 2.75. The molecule has 6 nitrogen and oxygen atoms in total. The first-order valence-corrected chi connectivity index (χ1v) is 7.12. The second-order valence-corrected chi connectivity index (χ2v) is 5.12.